The second-order valence-electron chi connectivity index (χ2n) is 6.87. The Kier molecular flexibility index (Phi) is 6.19. The lowest BCUT2D eigenvalue weighted by molar-refractivity contribution is 0.303. The predicted octanol–water partition coefficient (Wildman–Crippen LogP) is 5.24. The second kappa shape index (κ2) is 9.36. The first-order valence-corrected chi connectivity index (χ1v) is 9.94. The first-order chi connectivity index (χ1) is 15.1. The summed E-state index contributed by atoms with van der Waals surface area (Å²) in [5.41, 5.74) is 8.54. The smallest absolute Gasteiger partial charge is 0.159 e. The Bertz CT molecular complexity index is 1180. The summed E-state index contributed by atoms with van der Waals surface area (Å²) in [5.74, 6) is 1.81. The van der Waals surface area contributed by atoms with Gasteiger partial charge in [0.25, 0.3) is 0 Å². The van der Waals surface area contributed by atoms with Crippen LogP contribution < -0.4 is 15.2 Å². The molecule has 0 amide bonds. The predicted molar refractivity (Wildman–Crippen MR) is 120 cm³/mol. The van der Waals surface area contributed by atoms with Crippen molar-refractivity contribution in [2.24, 2.45) is 0 Å². The van der Waals surface area contributed by atoms with E-state index in [1.807, 2.05) is 48.5 Å². The van der Waals surface area contributed by atoms with Gasteiger partial charge in [0.05, 0.1) is 5.69 Å². The molecule has 4 rings (SSSR count). The van der Waals surface area contributed by atoms with Crippen LogP contribution in [-0.2, 0) is 13.2 Å². The molecular weight excluding hydrogens is 414 g/mol. The van der Waals surface area contributed by atoms with Crippen molar-refractivity contribution < 1.29 is 14.6 Å². The van der Waals surface area contributed by atoms with Crippen LogP contribution >= 0.6 is 11.6 Å². The number of aromatic hydroxyl groups is 1. The number of nitrogens with zero attached hydrogens (tertiary/aromatic N) is 2. The van der Waals surface area contributed by atoms with Crippen LogP contribution in [0.3, 0.4) is 0 Å². The third-order valence-corrected chi connectivity index (χ3v) is 4.73. The van der Waals surface area contributed by atoms with Gasteiger partial charge in [-0.1, -0.05) is 35.9 Å². The van der Waals surface area contributed by atoms with Crippen LogP contribution in [0, 0.1) is 0 Å². The Balaban J connectivity index is 1.39. The number of nitrogen functional groups attached to an aromatic ring is 1. The molecule has 31 heavy (non-hydrogen) atoms. The van der Waals surface area contributed by atoms with Crippen molar-refractivity contribution in [3.63, 3.8) is 0 Å². The van der Waals surface area contributed by atoms with Crippen LogP contribution in [0.25, 0.3) is 11.4 Å². The number of hydrogen-bond donors (Lipinski definition) is 2. The summed E-state index contributed by atoms with van der Waals surface area (Å²) in [6.45, 7) is 0.689. The minimum Gasteiger partial charge on any atom is -0.506 e. The standard InChI is InChI=1S/C24H20ClN3O3/c25-19-5-1-3-16(9-19)14-30-20-6-2-4-18(10-20)24-27-12-17(13-28-24)15-31-21-7-8-22(26)23(29)11-21/h1-13,29H,14-15,26H2. The minimum atomic E-state index is -0.0124. The number of phenolic OH excluding ortho intramolecular Hbond substituents is 1. The average molecular weight is 434 g/mol. The lowest BCUT2D eigenvalue weighted by Crippen LogP contribution is -1.99. The monoisotopic (exact) mass is 433 g/mol. The van der Waals surface area contributed by atoms with E-state index in [0.29, 0.717) is 28.9 Å². The highest BCUT2D eigenvalue weighted by Gasteiger charge is 2.06. The quantitative estimate of drug-likeness (QED) is 0.306. The van der Waals surface area contributed by atoms with E-state index in [0.717, 1.165) is 22.4 Å². The van der Waals surface area contributed by atoms with Gasteiger partial charge < -0.3 is 20.3 Å². The van der Waals surface area contributed by atoms with E-state index in [1.54, 1.807) is 24.5 Å². The zero-order valence-corrected chi connectivity index (χ0v) is 17.3. The van der Waals surface area contributed by atoms with E-state index in [1.165, 1.54) is 6.07 Å². The van der Waals surface area contributed by atoms with Gasteiger partial charge in [-0.3, -0.25) is 0 Å². The highest BCUT2D eigenvalue weighted by Crippen LogP contribution is 2.26. The molecule has 0 fully saturated rings. The van der Waals surface area contributed by atoms with Gasteiger partial charge in [-0.2, -0.15) is 0 Å². The summed E-state index contributed by atoms with van der Waals surface area (Å²) in [5, 5.41) is 10.3. The van der Waals surface area contributed by atoms with Crippen molar-refractivity contribution in [3.05, 3.63) is 95.3 Å². The molecule has 156 valence electrons. The summed E-state index contributed by atoms with van der Waals surface area (Å²) >= 11 is 6.02. The molecule has 0 aliphatic rings. The third kappa shape index (κ3) is 5.43. The summed E-state index contributed by atoms with van der Waals surface area (Å²) in [4.78, 5) is 8.86. The van der Waals surface area contributed by atoms with Gasteiger partial charge in [0.2, 0.25) is 0 Å². The van der Waals surface area contributed by atoms with Crippen molar-refractivity contribution in [2.75, 3.05) is 5.73 Å². The molecule has 0 aliphatic carbocycles. The third-order valence-electron chi connectivity index (χ3n) is 4.50. The van der Waals surface area contributed by atoms with E-state index in [4.69, 9.17) is 26.8 Å². The summed E-state index contributed by atoms with van der Waals surface area (Å²) in [7, 11) is 0. The highest BCUT2D eigenvalue weighted by molar-refractivity contribution is 6.30. The molecule has 7 heteroatoms. The van der Waals surface area contributed by atoms with Crippen molar-refractivity contribution in [1.29, 1.82) is 0 Å². The van der Waals surface area contributed by atoms with E-state index in [2.05, 4.69) is 9.97 Å². The Labute approximate surface area is 184 Å². The van der Waals surface area contributed by atoms with Gasteiger partial charge in [0.1, 0.15) is 30.5 Å². The number of anilines is 1. The molecule has 0 atom stereocenters. The molecule has 4 aromatic rings. The largest absolute Gasteiger partial charge is 0.506 e. The molecule has 1 heterocycles. The van der Waals surface area contributed by atoms with Gasteiger partial charge in [-0.05, 0) is 42.0 Å². The fraction of sp³-hybridized carbons (Fsp3) is 0.0833. The minimum absolute atomic E-state index is 0.0124. The SMILES string of the molecule is Nc1ccc(OCc2cnc(-c3cccc(OCc4cccc(Cl)c4)c3)nc2)cc1O. The van der Waals surface area contributed by atoms with Crippen LogP contribution in [0.5, 0.6) is 17.2 Å². The van der Waals surface area contributed by atoms with E-state index in [9.17, 15) is 5.11 Å². The Morgan fingerprint density at radius 3 is 2.26 bits per heavy atom. The molecule has 1 aromatic heterocycles. The van der Waals surface area contributed by atoms with Gasteiger partial charge in [-0.25, -0.2) is 9.97 Å². The molecule has 3 N–H and O–H groups in total. The number of halogens is 1. The lowest BCUT2D eigenvalue weighted by atomic mass is 10.2. The number of benzene rings is 3. The number of aromatic nitrogens is 2. The number of ether oxygens (including phenoxy) is 2. The molecular formula is C24H20ClN3O3. The molecule has 0 radical (unpaired) electrons. The number of hydrogen-bond acceptors (Lipinski definition) is 6. The number of phenols is 1. The molecule has 0 saturated carbocycles. The zero-order valence-electron chi connectivity index (χ0n) is 16.5. The molecule has 0 spiro atoms. The molecule has 0 aliphatic heterocycles. The zero-order chi connectivity index (χ0) is 21.6. The van der Waals surface area contributed by atoms with Crippen molar-refractivity contribution in [3.8, 4) is 28.6 Å². The first-order valence-electron chi connectivity index (χ1n) is 9.57. The Hall–Kier alpha value is -3.77. The van der Waals surface area contributed by atoms with Gasteiger partial charge >= 0.3 is 0 Å². The fourth-order valence-corrected chi connectivity index (χ4v) is 3.09. The van der Waals surface area contributed by atoms with E-state index in [-0.39, 0.29) is 12.4 Å². The maximum atomic E-state index is 9.65. The summed E-state index contributed by atoms with van der Waals surface area (Å²) in [6.07, 6.45) is 3.41. The normalized spacial score (nSPS) is 10.6. The van der Waals surface area contributed by atoms with Gasteiger partial charge in [0, 0.05) is 34.6 Å². The first kappa shape index (κ1) is 20.5. The van der Waals surface area contributed by atoms with Crippen LogP contribution in [-0.4, -0.2) is 15.1 Å². The van der Waals surface area contributed by atoms with Gasteiger partial charge in [-0.15, -0.1) is 0 Å². The molecule has 0 unspecified atom stereocenters. The van der Waals surface area contributed by atoms with Crippen LogP contribution in [0.2, 0.25) is 5.02 Å². The maximum Gasteiger partial charge on any atom is 0.159 e. The Morgan fingerprint density at radius 1 is 0.806 bits per heavy atom. The molecule has 3 aromatic carbocycles. The topological polar surface area (TPSA) is 90.5 Å². The van der Waals surface area contributed by atoms with Crippen molar-refractivity contribution in [2.45, 2.75) is 13.2 Å². The van der Waals surface area contributed by atoms with Crippen LogP contribution in [0.1, 0.15) is 11.1 Å². The van der Waals surface area contributed by atoms with Crippen molar-refractivity contribution >= 4 is 17.3 Å². The van der Waals surface area contributed by atoms with E-state index >= 15 is 0 Å². The molecule has 6 nitrogen and oxygen atoms in total. The molecule has 0 saturated heterocycles. The number of nitrogens with two attached hydrogens (primary N) is 1. The van der Waals surface area contributed by atoms with E-state index < -0.39 is 0 Å². The van der Waals surface area contributed by atoms with Crippen LogP contribution in [0.15, 0.2) is 79.1 Å². The maximum absolute atomic E-state index is 9.65. The highest BCUT2D eigenvalue weighted by atomic mass is 35.5. The molecule has 0 bridgehead atoms. The summed E-state index contributed by atoms with van der Waals surface area (Å²) in [6, 6.07) is 19.9. The van der Waals surface area contributed by atoms with Crippen LogP contribution in [0.4, 0.5) is 5.69 Å². The fourth-order valence-electron chi connectivity index (χ4n) is 2.88. The summed E-state index contributed by atoms with van der Waals surface area (Å²) < 4.78 is 11.5. The second-order valence-corrected chi connectivity index (χ2v) is 7.31. The van der Waals surface area contributed by atoms with Crippen molar-refractivity contribution in [1.82, 2.24) is 9.97 Å². The Morgan fingerprint density at radius 2 is 1.52 bits per heavy atom. The van der Waals surface area contributed by atoms with Gasteiger partial charge in [0.15, 0.2) is 5.82 Å². The number of rotatable bonds is 7. The average Bonchev–Trinajstić information content (AvgIpc) is 2.79. The lowest BCUT2D eigenvalue weighted by Gasteiger charge is -2.09.